The van der Waals surface area contributed by atoms with Gasteiger partial charge in [0.2, 0.25) is 0 Å². The predicted octanol–water partition coefficient (Wildman–Crippen LogP) is 3.12. The van der Waals surface area contributed by atoms with Gasteiger partial charge in [-0.1, -0.05) is 22.0 Å². The second-order valence-electron chi connectivity index (χ2n) is 2.68. The summed E-state index contributed by atoms with van der Waals surface area (Å²) in [4.78, 5) is 0. The molecule has 0 spiro atoms. The topological polar surface area (TPSA) is 12.5 Å². The van der Waals surface area contributed by atoms with Crippen molar-refractivity contribution < 1.29 is 4.74 Å². The standard InChI is InChI=1S/C9H9BrO/c10-5-1-2-7-3-4-8-9(6-7)11-8/h3-4,6H,1-2,5H2. The van der Waals surface area contributed by atoms with Gasteiger partial charge >= 0.3 is 0 Å². The van der Waals surface area contributed by atoms with Crippen LogP contribution in [-0.2, 0) is 6.42 Å². The van der Waals surface area contributed by atoms with E-state index in [1.807, 2.05) is 6.07 Å². The Labute approximate surface area is 74.5 Å². The molecule has 1 aliphatic heterocycles. The minimum absolute atomic E-state index is 1.05. The predicted molar refractivity (Wildman–Crippen MR) is 48.6 cm³/mol. The second kappa shape index (κ2) is 2.86. The minimum atomic E-state index is 1.05. The Morgan fingerprint density at radius 3 is 2.91 bits per heavy atom. The Morgan fingerprint density at radius 1 is 1.27 bits per heavy atom. The number of halogens is 1. The maximum absolute atomic E-state index is 5.15. The van der Waals surface area contributed by atoms with Crippen molar-refractivity contribution in [2.75, 3.05) is 5.33 Å². The highest BCUT2D eigenvalue weighted by Crippen LogP contribution is 2.45. The zero-order valence-electron chi connectivity index (χ0n) is 6.14. The zero-order valence-corrected chi connectivity index (χ0v) is 7.73. The molecule has 2 heteroatoms. The van der Waals surface area contributed by atoms with Gasteiger partial charge in [0.15, 0.2) is 11.5 Å². The Morgan fingerprint density at radius 2 is 2.18 bits per heavy atom. The van der Waals surface area contributed by atoms with Crippen molar-refractivity contribution in [3.05, 3.63) is 23.8 Å². The molecule has 0 aliphatic carbocycles. The van der Waals surface area contributed by atoms with Gasteiger partial charge in [-0.2, -0.15) is 0 Å². The summed E-state index contributed by atoms with van der Waals surface area (Å²) in [5, 5.41) is 1.07. The molecule has 2 rings (SSSR count). The van der Waals surface area contributed by atoms with Gasteiger partial charge in [0.25, 0.3) is 0 Å². The molecular formula is C9H9BrO. The Hall–Kier alpha value is -0.500. The van der Waals surface area contributed by atoms with Gasteiger partial charge in [0.05, 0.1) is 0 Å². The minimum Gasteiger partial charge on any atom is -0.450 e. The molecule has 1 nitrogen and oxygen atoms in total. The van der Waals surface area contributed by atoms with E-state index < -0.39 is 0 Å². The molecule has 0 atom stereocenters. The first-order valence-corrected chi connectivity index (χ1v) is 4.89. The van der Waals surface area contributed by atoms with E-state index in [2.05, 4.69) is 28.1 Å². The van der Waals surface area contributed by atoms with Crippen molar-refractivity contribution in [1.29, 1.82) is 0 Å². The molecule has 1 aromatic carbocycles. The summed E-state index contributed by atoms with van der Waals surface area (Å²) in [6.45, 7) is 0. The average Bonchev–Trinajstić information content (AvgIpc) is 2.78. The summed E-state index contributed by atoms with van der Waals surface area (Å²) < 4.78 is 5.15. The van der Waals surface area contributed by atoms with Crippen molar-refractivity contribution in [1.82, 2.24) is 0 Å². The van der Waals surface area contributed by atoms with Crippen LogP contribution in [0.4, 0.5) is 0 Å². The van der Waals surface area contributed by atoms with Crippen molar-refractivity contribution in [2.45, 2.75) is 12.8 Å². The van der Waals surface area contributed by atoms with E-state index in [0.717, 1.165) is 23.2 Å². The van der Waals surface area contributed by atoms with Crippen LogP contribution in [0.15, 0.2) is 18.2 Å². The molecule has 0 N–H and O–H groups in total. The van der Waals surface area contributed by atoms with Crippen LogP contribution in [0.3, 0.4) is 0 Å². The van der Waals surface area contributed by atoms with E-state index in [1.54, 1.807) is 0 Å². The highest BCUT2D eigenvalue weighted by molar-refractivity contribution is 9.09. The van der Waals surface area contributed by atoms with E-state index in [0.29, 0.717) is 0 Å². The molecule has 0 fully saturated rings. The largest absolute Gasteiger partial charge is 0.450 e. The number of ether oxygens (including phenoxy) is 1. The van der Waals surface area contributed by atoms with Crippen LogP contribution in [0.2, 0.25) is 0 Å². The van der Waals surface area contributed by atoms with E-state index >= 15 is 0 Å². The lowest BCUT2D eigenvalue weighted by Gasteiger charge is -1.93. The number of hydrogen-bond acceptors (Lipinski definition) is 1. The molecule has 1 heterocycles. The van der Waals surface area contributed by atoms with Gasteiger partial charge in [-0.05, 0) is 30.5 Å². The second-order valence-corrected chi connectivity index (χ2v) is 3.47. The van der Waals surface area contributed by atoms with E-state index in [4.69, 9.17) is 4.74 Å². The number of benzene rings is 1. The Bertz CT molecular complexity index is 270. The lowest BCUT2D eigenvalue weighted by atomic mass is 10.1. The highest BCUT2D eigenvalue weighted by Gasteiger charge is 2.18. The third kappa shape index (κ3) is 1.56. The number of fused-ring (bicyclic) bond motifs is 1. The summed E-state index contributed by atoms with van der Waals surface area (Å²) in [6, 6.07) is 6.30. The van der Waals surface area contributed by atoms with Gasteiger partial charge < -0.3 is 4.74 Å². The van der Waals surface area contributed by atoms with Gasteiger partial charge in [-0.25, -0.2) is 0 Å². The molecule has 0 unspecified atom stereocenters. The van der Waals surface area contributed by atoms with Crippen LogP contribution < -0.4 is 4.74 Å². The van der Waals surface area contributed by atoms with E-state index in [-0.39, 0.29) is 0 Å². The molecule has 0 amide bonds. The van der Waals surface area contributed by atoms with Gasteiger partial charge in [0, 0.05) is 5.33 Å². The van der Waals surface area contributed by atoms with Crippen molar-refractivity contribution in [3.63, 3.8) is 0 Å². The van der Waals surface area contributed by atoms with E-state index in [9.17, 15) is 0 Å². The van der Waals surface area contributed by atoms with Crippen LogP contribution in [0.25, 0.3) is 0 Å². The summed E-state index contributed by atoms with van der Waals surface area (Å²) in [7, 11) is 0. The first kappa shape index (κ1) is 7.17. The number of rotatable bonds is 3. The Balaban J connectivity index is 2.03. The molecule has 0 aromatic heterocycles. The summed E-state index contributed by atoms with van der Waals surface area (Å²) in [6.07, 6.45) is 2.33. The molecule has 0 saturated heterocycles. The molecular weight excluding hydrogens is 204 g/mol. The zero-order chi connectivity index (χ0) is 7.68. The third-order valence-corrected chi connectivity index (χ3v) is 2.35. The van der Waals surface area contributed by atoms with Crippen LogP contribution in [-0.4, -0.2) is 5.33 Å². The molecule has 0 bridgehead atoms. The summed E-state index contributed by atoms with van der Waals surface area (Å²) >= 11 is 3.41. The molecule has 0 saturated carbocycles. The van der Waals surface area contributed by atoms with Gasteiger partial charge in [-0.15, -0.1) is 0 Å². The smallest absolute Gasteiger partial charge is 0.170 e. The van der Waals surface area contributed by atoms with Crippen LogP contribution in [0.5, 0.6) is 11.5 Å². The van der Waals surface area contributed by atoms with Gasteiger partial charge in [-0.3, -0.25) is 0 Å². The monoisotopic (exact) mass is 212 g/mol. The third-order valence-electron chi connectivity index (χ3n) is 1.79. The molecule has 0 radical (unpaired) electrons. The first-order valence-electron chi connectivity index (χ1n) is 3.77. The van der Waals surface area contributed by atoms with Crippen LogP contribution in [0, 0.1) is 0 Å². The van der Waals surface area contributed by atoms with Crippen LogP contribution >= 0.6 is 15.9 Å². The molecule has 1 aliphatic rings. The maximum atomic E-state index is 5.15. The molecule has 1 aromatic rings. The van der Waals surface area contributed by atoms with Crippen molar-refractivity contribution >= 4 is 15.9 Å². The first-order chi connectivity index (χ1) is 5.40. The lowest BCUT2D eigenvalue weighted by Crippen LogP contribution is -1.82. The average molecular weight is 213 g/mol. The lowest BCUT2D eigenvalue weighted by molar-refractivity contribution is 0.649. The fraction of sp³-hybridized carbons (Fsp3) is 0.333. The number of hydrogen-bond donors (Lipinski definition) is 0. The number of aryl methyl sites for hydroxylation is 1. The normalized spacial score (nSPS) is 12.1. The fourth-order valence-corrected chi connectivity index (χ4v) is 1.42. The SMILES string of the molecule is BrCCCc1ccc2c(c1)O2. The van der Waals surface area contributed by atoms with Gasteiger partial charge in [0.1, 0.15) is 0 Å². The van der Waals surface area contributed by atoms with Crippen LogP contribution in [0.1, 0.15) is 12.0 Å². The molecule has 11 heavy (non-hydrogen) atoms. The Kier molecular flexibility index (Phi) is 1.86. The quantitative estimate of drug-likeness (QED) is 0.563. The fourth-order valence-electron chi connectivity index (χ4n) is 1.14. The summed E-state index contributed by atoms with van der Waals surface area (Å²) in [5.41, 5.74) is 1.38. The van der Waals surface area contributed by atoms with Crippen molar-refractivity contribution in [3.8, 4) is 11.5 Å². The highest BCUT2D eigenvalue weighted by atomic mass is 79.9. The maximum Gasteiger partial charge on any atom is 0.170 e. The number of alkyl halides is 1. The van der Waals surface area contributed by atoms with E-state index in [1.165, 1.54) is 12.0 Å². The van der Waals surface area contributed by atoms with Crippen molar-refractivity contribution in [2.24, 2.45) is 0 Å². The summed E-state index contributed by atoms with van der Waals surface area (Å²) in [5.74, 6) is 2.12. The molecule has 58 valence electrons.